The minimum Gasteiger partial charge on any atom is -0.346 e. The molecule has 24 heavy (non-hydrogen) atoms. The second kappa shape index (κ2) is 5.61. The van der Waals surface area contributed by atoms with Gasteiger partial charge >= 0.3 is 5.17 Å². The highest BCUT2D eigenvalue weighted by Crippen LogP contribution is 2.38. The van der Waals surface area contributed by atoms with Crippen molar-refractivity contribution in [2.24, 2.45) is 0 Å². The molecule has 7 heteroatoms. The highest BCUT2D eigenvalue weighted by Gasteiger charge is 2.54. The van der Waals surface area contributed by atoms with Gasteiger partial charge in [0.05, 0.1) is 11.5 Å². The summed E-state index contributed by atoms with van der Waals surface area (Å²) in [5, 5.41) is 23.5. The number of aliphatic hydroxyl groups is 1. The van der Waals surface area contributed by atoms with E-state index < -0.39 is 10.6 Å². The molecule has 1 atom stereocenters. The molecule has 0 amide bonds. The smallest absolute Gasteiger partial charge is 0.316 e. The van der Waals surface area contributed by atoms with Gasteiger partial charge in [-0.2, -0.15) is 0 Å². The molecule has 0 fully saturated rings. The van der Waals surface area contributed by atoms with Crippen molar-refractivity contribution in [3.63, 3.8) is 0 Å². The molecule has 0 bridgehead atoms. The number of β-amino-alcohol motifs (C(OH)–C–C–N with tert-alkyl or cyclic N) is 1. The quantitative estimate of drug-likeness (QED) is 0.527. The monoisotopic (exact) mass is 342 g/mol. The van der Waals surface area contributed by atoms with E-state index in [9.17, 15) is 15.2 Å². The molecular weight excluding hydrogens is 326 g/mol. The van der Waals surface area contributed by atoms with Gasteiger partial charge < -0.3 is 5.11 Å². The van der Waals surface area contributed by atoms with Gasteiger partial charge in [-0.25, -0.2) is 9.48 Å². The lowest BCUT2D eigenvalue weighted by atomic mass is 10.0. The molecule has 0 aliphatic carbocycles. The van der Waals surface area contributed by atoms with Crippen LogP contribution >= 0.6 is 11.8 Å². The summed E-state index contributed by atoms with van der Waals surface area (Å²) in [5.74, 6) is 0.885. The van der Waals surface area contributed by atoms with Gasteiger partial charge in [0.15, 0.2) is 6.54 Å². The number of benzene rings is 2. The summed E-state index contributed by atoms with van der Waals surface area (Å²) in [7, 11) is 0. The molecule has 2 aliphatic rings. The van der Waals surface area contributed by atoms with E-state index in [1.165, 1.54) is 12.1 Å². The van der Waals surface area contributed by atoms with E-state index in [1.807, 2.05) is 34.9 Å². The standard InChI is InChI=1S/C17H16N3O3S/c21-17(13-5-4-8-15(11-13)20(22)23)12-18(14-6-2-1-3-7-14)16-19(17)9-10-24-16/h1-8,11,21H,9-10,12H2/q+1/t17-/m0/s1. The molecule has 122 valence electrons. The van der Waals surface area contributed by atoms with Crippen LogP contribution in [0.25, 0.3) is 0 Å². The third-order valence-corrected chi connectivity index (χ3v) is 5.51. The first-order valence-corrected chi connectivity index (χ1v) is 8.65. The van der Waals surface area contributed by atoms with Crippen molar-refractivity contribution >= 4 is 28.3 Å². The minimum absolute atomic E-state index is 0.00696. The molecule has 0 saturated heterocycles. The maximum absolute atomic E-state index is 11.4. The summed E-state index contributed by atoms with van der Waals surface area (Å²) in [6.45, 7) is 1.06. The predicted octanol–water partition coefficient (Wildman–Crippen LogP) is 2.38. The lowest BCUT2D eigenvalue weighted by molar-refractivity contribution is -0.650. The number of rotatable bonds is 3. The lowest BCUT2D eigenvalue weighted by Crippen LogP contribution is -2.41. The highest BCUT2D eigenvalue weighted by molar-refractivity contribution is 8.14. The fraction of sp³-hybridized carbons (Fsp3) is 0.235. The predicted molar refractivity (Wildman–Crippen MR) is 93.4 cm³/mol. The second-order valence-corrected chi connectivity index (χ2v) is 6.89. The zero-order chi connectivity index (χ0) is 16.7. The van der Waals surface area contributed by atoms with E-state index in [1.54, 1.807) is 23.9 Å². The second-order valence-electron chi connectivity index (χ2n) is 5.83. The SMILES string of the molecule is O=[N+]([O-])c1cccc([C@@]2(O)CN(c3ccccc3)C3=[N+]2CCS3)c1. The van der Waals surface area contributed by atoms with Gasteiger partial charge in [-0.15, -0.1) is 0 Å². The maximum atomic E-state index is 11.4. The van der Waals surface area contributed by atoms with Crippen LogP contribution in [0.5, 0.6) is 0 Å². The minimum atomic E-state index is -1.26. The third-order valence-electron chi connectivity index (χ3n) is 4.42. The Bertz CT molecular complexity index is 840. The number of nitro benzene ring substituents is 1. The van der Waals surface area contributed by atoms with Crippen molar-refractivity contribution in [3.05, 3.63) is 70.3 Å². The average molecular weight is 342 g/mol. The fourth-order valence-electron chi connectivity index (χ4n) is 3.27. The van der Waals surface area contributed by atoms with Gasteiger partial charge in [0.1, 0.15) is 5.69 Å². The van der Waals surface area contributed by atoms with E-state index in [0.717, 1.165) is 16.6 Å². The number of non-ortho nitro benzene ring substituents is 1. The molecule has 2 aromatic carbocycles. The normalized spacial score (nSPS) is 22.8. The molecule has 1 N–H and O–H groups in total. The summed E-state index contributed by atoms with van der Waals surface area (Å²) in [6, 6.07) is 16.2. The summed E-state index contributed by atoms with van der Waals surface area (Å²) in [6.07, 6.45) is 0. The number of amidine groups is 1. The third kappa shape index (κ3) is 2.28. The first-order valence-electron chi connectivity index (χ1n) is 7.67. The Morgan fingerprint density at radius 3 is 2.75 bits per heavy atom. The van der Waals surface area contributed by atoms with E-state index >= 15 is 0 Å². The average Bonchev–Trinajstić information content (AvgIpc) is 3.19. The van der Waals surface area contributed by atoms with Gasteiger partial charge in [0.2, 0.25) is 0 Å². The molecule has 6 nitrogen and oxygen atoms in total. The number of thioether (sulfide) groups is 1. The van der Waals surface area contributed by atoms with Crippen LogP contribution < -0.4 is 4.90 Å². The molecule has 0 saturated carbocycles. The first kappa shape index (κ1) is 15.2. The molecule has 0 radical (unpaired) electrons. The summed E-state index contributed by atoms with van der Waals surface area (Å²) < 4.78 is 1.95. The van der Waals surface area contributed by atoms with Crippen molar-refractivity contribution in [3.8, 4) is 0 Å². The Labute approximate surface area is 143 Å². The van der Waals surface area contributed by atoms with E-state index in [-0.39, 0.29) is 5.69 Å². The summed E-state index contributed by atoms with van der Waals surface area (Å²) in [4.78, 5) is 12.7. The Morgan fingerprint density at radius 2 is 2.00 bits per heavy atom. The maximum Gasteiger partial charge on any atom is 0.316 e. The molecular formula is C17H16N3O3S+. The van der Waals surface area contributed by atoms with Gasteiger partial charge in [-0.05, 0) is 23.9 Å². The molecule has 0 aromatic heterocycles. The van der Waals surface area contributed by atoms with Crippen LogP contribution in [0.15, 0.2) is 54.6 Å². The van der Waals surface area contributed by atoms with E-state index in [2.05, 4.69) is 4.90 Å². The Kier molecular flexibility index (Phi) is 3.54. The Hall–Kier alpha value is -2.38. The number of nitrogens with zero attached hydrogens (tertiary/aromatic N) is 3. The molecule has 0 spiro atoms. The van der Waals surface area contributed by atoms with Crippen LogP contribution in [0, 0.1) is 10.1 Å². The van der Waals surface area contributed by atoms with Crippen LogP contribution in [-0.4, -0.2) is 38.6 Å². The van der Waals surface area contributed by atoms with Gasteiger partial charge in [0.25, 0.3) is 11.4 Å². The molecule has 2 aromatic rings. The van der Waals surface area contributed by atoms with Gasteiger partial charge in [-0.3, -0.25) is 10.1 Å². The van der Waals surface area contributed by atoms with Crippen LogP contribution in [0.2, 0.25) is 0 Å². The van der Waals surface area contributed by atoms with Crippen molar-refractivity contribution < 1.29 is 14.6 Å². The van der Waals surface area contributed by atoms with E-state index in [0.29, 0.717) is 18.7 Å². The first-order chi connectivity index (χ1) is 11.6. The number of hydrogen-bond acceptors (Lipinski definition) is 5. The van der Waals surface area contributed by atoms with Crippen LogP contribution in [-0.2, 0) is 5.72 Å². The Balaban J connectivity index is 1.79. The fourth-order valence-corrected chi connectivity index (χ4v) is 4.45. The zero-order valence-electron chi connectivity index (χ0n) is 12.8. The number of hydrogen-bond donors (Lipinski definition) is 1. The van der Waals surface area contributed by atoms with Crippen LogP contribution in [0.4, 0.5) is 11.4 Å². The van der Waals surface area contributed by atoms with Crippen molar-refractivity contribution in [2.75, 3.05) is 23.7 Å². The molecule has 4 rings (SSSR count). The summed E-state index contributed by atoms with van der Waals surface area (Å²) >= 11 is 1.70. The topological polar surface area (TPSA) is 69.6 Å². The number of nitro groups is 1. The van der Waals surface area contributed by atoms with Crippen molar-refractivity contribution in [1.29, 1.82) is 0 Å². The van der Waals surface area contributed by atoms with Crippen molar-refractivity contribution in [2.45, 2.75) is 5.72 Å². The molecule has 2 heterocycles. The molecule has 0 unspecified atom stereocenters. The van der Waals surface area contributed by atoms with Crippen molar-refractivity contribution in [1.82, 2.24) is 0 Å². The number of para-hydroxylation sites is 1. The highest BCUT2D eigenvalue weighted by atomic mass is 32.2. The number of anilines is 1. The van der Waals surface area contributed by atoms with Crippen LogP contribution in [0.3, 0.4) is 0 Å². The van der Waals surface area contributed by atoms with Gasteiger partial charge in [0, 0.05) is 23.4 Å². The zero-order valence-corrected chi connectivity index (χ0v) is 13.6. The Morgan fingerprint density at radius 1 is 1.21 bits per heavy atom. The summed E-state index contributed by atoms with van der Waals surface area (Å²) in [5.41, 5.74) is 0.289. The van der Waals surface area contributed by atoms with Crippen LogP contribution in [0.1, 0.15) is 5.56 Å². The lowest BCUT2D eigenvalue weighted by Gasteiger charge is -2.22. The van der Waals surface area contributed by atoms with E-state index in [4.69, 9.17) is 0 Å². The largest absolute Gasteiger partial charge is 0.346 e. The van der Waals surface area contributed by atoms with Gasteiger partial charge in [-0.1, -0.05) is 30.3 Å². The molecule has 2 aliphatic heterocycles.